The van der Waals surface area contributed by atoms with Crippen molar-refractivity contribution in [1.82, 2.24) is 5.32 Å². The van der Waals surface area contributed by atoms with Gasteiger partial charge < -0.3 is 10.4 Å². The third-order valence-corrected chi connectivity index (χ3v) is 4.67. The lowest BCUT2D eigenvalue weighted by molar-refractivity contribution is -0.124. The predicted molar refractivity (Wildman–Crippen MR) is 85.0 cm³/mol. The molecule has 116 valence electrons. The molecule has 1 fully saturated rings. The molecule has 1 aliphatic rings. The van der Waals surface area contributed by atoms with Crippen molar-refractivity contribution >= 4 is 5.91 Å². The number of nitrogens with one attached hydrogen (secondary N) is 1. The first-order valence-corrected chi connectivity index (χ1v) is 7.93. The summed E-state index contributed by atoms with van der Waals surface area (Å²) in [5.74, 6) is 1.09. The maximum Gasteiger partial charge on any atom is 0.221 e. The van der Waals surface area contributed by atoms with E-state index in [1.807, 2.05) is 25.1 Å². The number of rotatable bonds is 7. The van der Waals surface area contributed by atoms with Crippen molar-refractivity contribution in [3.8, 4) is 0 Å². The molecule has 2 N–H and O–H groups in total. The average molecular weight is 289 g/mol. The Morgan fingerprint density at radius 1 is 1.33 bits per heavy atom. The van der Waals surface area contributed by atoms with Gasteiger partial charge in [0.1, 0.15) is 0 Å². The van der Waals surface area contributed by atoms with Crippen LogP contribution in [0.2, 0.25) is 0 Å². The minimum absolute atomic E-state index is 0.0150. The molecule has 2 rings (SSSR count). The molecule has 0 heterocycles. The van der Waals surface area contributed by atoms with E-state index in [9.17, 15) is 9.90 Å². The Morgan fingerprint density at radius 3 is 2.43 bits per heavy atom. The lowest BCUT2D eigenvalue weighted by Crippen LogP contribution is -2.51. The molecule has 2 unspecified atom stereocenters. The zero-order valence-electron chi connectivity index (χ0n) is 13.3. The van der Waals surface area contributed by atoms with E-state index in [0.29, 0.717) is 18.3 Å². The van der Waals surface area contributed by atoms with Crippen molar-refractivity contribution in [2.45, 2.75) is 51.5 Å². The van der Waals surface area contributed by atoms with Gasteiger partial charge in [0.15, 0.2) is 0 Å². The number of hydrogen-bond donors (Lipinski definition) is 2. The summed E-state index contributed by atoms with van der Waals surface area (Å²) in [4.78, 5) is 12.4. The van der Waals surface area contributed by atoms with E-state index in [1.165, 1.54) is 5.56 Å². The van der Waals surface area contributed by atoms with Crippen LogP contribution in [0.1, 0.15) is 51.5 Å². The smallest absolute Gasteiger partial charge is 0.221 e. The van der Waals surface area contributed by atoms with Gasteiger partial charge in [-0.2, -0.15) is 0 Å². The highest BCUT2D eigenvalue weighted by Crippen LogP contribution is 2.39. The van der Waals surface area contributed by atoms with E-state index >= 15 is 0 Å². The number of hydrogen-bond acceptors (Lipinski definition) is 2. The molecule has 0 radical (unpaired) electrons. The van der Waals surface area contributed by atoms with Crippen LogP contribution in [-0.4, -0.2) is 23.2 Å². The summed E-state index contributed by atoms with van der Waals surface area (Å²) >= 11 is 0. The fourth-order valence-corrected chi connectivity index (χ4v) is 3.00. The fraction of sp³-hybridized carbons (Fsp3) is 0.611. The standard InChI is InChI=1S/C18H27NO2/c1-13(2)16(14-7-5-4-6-8-14)11-17(21)19-18(3,12-20)15-9-10-15/h4-8,13,15-16,20H,9-12H2,1-3H3,(H,19,21). The Labute approximate surface area is 127 Å². The fourth-order valence-electron chi connectivity index (χ4n) is 3.00. The van der Waals surface area contributed by atoms with Gasteiger partial charge in [-0.15, -0.1) is 0 Å². The number of carbonyl (C=O) groups excluding carboxylic acids is 1. The van der Waals surface area contributed by atoms with Crippen molar-refractivity contribution in [3.05, 3.63) is 35.9 Å². The SMILES string of the molecule is CC(C)C(CC(=O)NC(C)(CO)C1CC1)c1ccccc1. The number of aliphatic hydroxyl groups excluding tert-OH is 1. The molecule has 1 aromatic carbocycles. The molecule has 0 aliphatic heterocycles. The summed E-state index contributed by atoms with van der Waals surface area (Å²) in [6.45, 7) is 6.27. The average Bonchev–Trinajstić information content (AvgIpc) is 3.30. The highest BCUT2D eigenvalue weighted by atomic mass is 16.3. The van der Waals surface area contributed by atoms with Gasteiger partial charge in [0.2, 0.25) is 5.91 Å². The van der Waals surface area contributed by atoms with Crippen LogP contribution in [0.4, 0.5) is 0 Å². The van der Waals surface area contributed by atoms with Crippen molar-refractivity contribution in [3.63, 3.8) is 0 Å². The molecule has 3 nitrogen and oxygen atoms in total. The molecule has 21 heavy (non-hydrogen) atoms. The van der Waals surface area contributed by atoms with Crippen LogP contribution in [-0.2, 0) is 4.79 Å². The normalized spacial score (nSPS) is 19.1. The van der Waals surface area contributed by atoms with Crippen LogP contribution < -0.4 is 5.32 Å². The summed E-state index contributed by atoms with van der Waals surface area (Å²) in [6.07, 6.45) is 2.68. The summed E-state index contributed by atoms with van der Waals surface area (Å²) in [7, 11) is 0. The second kappa shape index (κ2) is 6.61. The van der Waals surface area contributed by atoms with E-state index in [1.54, 1.807) is 0 Å². The van der Waals surface area contributed by atoms with Gasteiger partial charge in [-0.25, -0.2) is 0 Å². The van der Waals surface area contributed by atoms with Gasteiger partial charge in [-0.1, -0.05) is 44.2 Å². The van der Waals surface area contributed by atoms with Gasteiger partial charge in [-0.3, -0.25) is 4.79 Å². The molecule has 1 aliphatic carbocycles. The quantitative estimate of drug-likeness (QED) is 0.810. The largest absolute Gasteiger partial charge is 0.394 e. The number of carbonyl (C=O) groups is 1. The molecular weight excluding hydrogens is 262 g/mol. The summed E-state index contributed by atoms with van der Waals surface area (Å²) in [6, 6.07) is 10.2. The molecule has 1 saturated carbocycles. The highest BCUT2D eigenvalue weighted by molar-refractivity contribution is 5.78. The van der Waals surface area contributed by atoms with E-state index in [0.717, 1.165) is 12.8 Å². The molecule has 0 spiro atoms. The summed E-state index contributed by atoms with van der Waals surface area (Å²) < 4.78 is 0. The molecule has 1 amide bonds. The molecule has 0 aromatic heterocycles. The highest BCUT2D eigenvalue weighted by Gasteiger charge is 2.42. The lowest BCUT2D eigenvalue weighted by Gasteiger charge is -2.30. The van der Waals surface area contributed by atoms with Crippen LogP contribution in [0.5, 0.6) is 0 Å². The Hall–Kier alpha value is -1.35. The van der Waals surface area contributed by atoms with E-state index in [2.05, 4.69) is 31.3 Å². The van der Waals surface area contributed by atoms with E-state index in [-0.39, 0.29) is 18.4 Å². The van der Waals surface area contributed by atoms with Crippen molar-refractivity contribution in [2.75, 3.05) is 6.61 Å². The van der Waals surface area contributed by atoms with Gasteiger partial charge in [0.05, 0.1) is 12.1 Å². The van der Waals surface area contributed by atoms with Crippen LogP contribution in [0, 0.1) is 11.8 Å². The van der Waals surface area contributed by atoms with Gasteiger partial charge in [0, 0.05) is 6.42 Å². The van der Waals surface area contributed by atoms with Gasteiger partial charge in [0.25, 0.3) is 0 Å². The molecule has 1 aromatic rings. The van der Waals surface area contributed by atoms with E-state index < -0.39 is 5.54 Å². The maximum atomic E-state index is 12.4. The second-order valence-electron chi connectivity index (χ2n) is 6.86. The first-order chi connectivity index (χ1) is 9.96. The summed E-state index contributed by atoms with van der Waals surface area (Å²) in [5, 5.41) is 12.7. The van der Waals surface area contributed by atoms with Crippen molar-refractivity contribution in [1.29, 1.82) is 0 Å². The zero-order valence-corrected chi connectivity index (χ0v) is 13.3. The maximum absolute atomic E-state index is 12.4. The Bertz CT molecular complexity index is 467. The number of benzene rings is 1. The minimum Gasteiger partial charge on any atom is -0.394 e. The predicted octanol–water partition coefficient (Wildman–Crippen LogP) is 3.09. The third kappa shape index (κ3) is 4.07. The van der Waals surface area contributed by atoms with Gasteiger partial charge >= 0.3 is 0 Å². The third-order valence-electron chi connectivity index (χ3n) is 4.67. The Kier molecular flexibility index (Phi) is 5.04. The Balaban J connectivity index is 2.02. The first-order valence-electron chi connectivity index (χ1n) is 7.93. The molecule has 0 bridgehead atoms. The molecular formula is C18H27NO2. The van der Waals surface area contributed by atoms with Gasteiger partial charge in [-0.05, 0) is 43.1 Å². The molecule has 0 saturated heterocycles. The number of amides is 1. The van der Waals surface area contributed by atoms with Crippen molar-refractivity contribution in [2.24, 2.45) is 11.8 Å². The van der Waals surface area contributed by atoms with Crippen LogP contribution in [0.25, 0.3) is 0 Å². The monoisotopic (exact) mass is 289 g/mol. The zero-order chi connectivity index (χ0) is 15.5. The van der Waals surface area contributed by atoms with Crippen LogP contribution >= 0.6 is 0 Å². The Morgan fingerprint density at radius 2 is 1.95 bits per heavy atom. The van der Waals surface area contributed by atoms with E-state index in [4.69, 9.17) is 0 Å². The van der Waals surface area contributed by atoms with Crippen LogP contribution in [0.3, 0.4) is 0 Å². The lowest BCUT2D eigenvalue weighted by atomic mass is 9.85. The molecule has 3 heteroatoms. The second-order valence-corrected chi connectivity index (χ2v) is 6.86. The first kappa shape index (κ1) is 16.0. The number of aliphatic hydroxyl groups is 1. The van der Waals surface area contributed by atoms with Crippen molar-refractivity contribution < 1.29 is 9.90 Å². The minimum atomic E-state index is -0.449. The summed E-state index contributed by atoms with van der Waals surface area (Å²) in [5.41, 5.74) is 0.759. The van der Waals surface area contributed by atoms with Crippen LogP contribution in [0.15, 0.2) is 30.3 Å². The molecule has 2 atom stereocenters. The topological polar surface area (TPSA) is 49.3 Å².